The fourth-order valence-corrected chi connectivity index (χ4v) is 1.30. The van der Waals surface area contributed by atoms with Crippen molar-refractivity contribution in [1.29, 1.82) is 5.26 Å². The van der Waals surface area contributed by atoms with Crippen LogP contribution in [0.25, 0.3) is 0 Å². The Morgan fingerprint density at radius 3 is 2.56 bits per heavy atom. The van der Waals surface area contributed by atoms with Crippen molar-refractivity contribution >= 4 is 5.97 Å². The normalized spacial score (nSPS) is 15.1. The highest BCUT2D eigenvalue weighted by atomic mass is 16.5. The van der Waals surface area contributed by atoms with Gasteiger partial charge in [0.15, 0.2) is 5.41 Å². The average Bonchev–Trinajstić information content (AvgIpc) is 2.28. The SMILES string of the molecule is CCCC/C=C(/C)[C@@](C)(C#N)C(=O)OCC. The van der Waals surface area contributed by atoms with E-state index in [1.807, 2.05) is 19.1 Å². The maximum Gasteiger partial charge on any atom is 0.330 e. The van der Waals surface area contributed by atoms with E-state index < -0.39 is 11.4 Å². The van der Waals surface area contributed by atoms with Crippen LogP contribution in [0.1, 0.15) is 47.0 Å². The van der Waals surface area contributed by atoms with Crippen LogP contribution < -0.4 is 0 Å². The lowest BCUT2D eigenvalue weighted by atomic mass is 9.84. The van der Waals surface area contributed by atoms with Crippen LogP contribution in [0, 0.1) is 16.7 Å². The molecule has 0 amide bonds. The van der Waals surface area contributed by atoms with Gasteiger partial charge in [0, 0.05) is 0 Å². The van der Waals surface area contributed by atoms with Crippen LogP contribution in [0.3, 0.4) is 0 Å². The first-order valence-corrected chi connectivity index (χ1v) is 5.78. The molecule has 0 saturated heterocycles. The molecule has 0 aromatic rings. The van der Waals surface area contributed by atoms with Gasteiger partial charge in [-0.3, -0.25) is 0 Å². The van der Waals surface area contributed by atoms with Crippen molar-refractivity contribution in [3.05, 3.63) is 11.6 Å². The van der Waals surface area contributed by atoms with Crippen molar-refractivity contribution in [2.45, 2.75) is 47.0 Å². The van der Waals surface area contributed by atoms with Crippen LogP contribution in [-0.4, -0.2) is 12.6 Å². The van der Waals surface area contributed by atoms with E-state index in [1.165, 1.54) is 0 Å². The Balaban J connectivity index is 4.75. The lowest BCUT2D eigenvalue weighted by molar-refractivity contribution is -0.149. The highest BCUT2D eigenvalue weighted by Crippen LogP contribution is 2.28. The summed E-state index contributed by atoms with van der Waals surface area (Å²) in [6.45, 7) is 7.58. The Hall–Kier alpha value is -1.30. The highest BCUT2D eigenvalue weighted by molar-refractivity contribution is 5.83. The van der Waals surface area contributed by atoms with Gasteiger partial charge in [0.25, 0.3) is 0 Å². The van der Waals surface area contributed by atoms with E-state index >= 15 is 0 Å². The molecule has 0 aliphatic rings. The van der Waals surface area contributed by atoms with Gasteiger partial charge in [-0.2, -0.15) is 5.26 Å². The molecule has 0 spiro atoms. The third-order valence-corrected chi connectivity index (χ3v) is 2.70. The molecule has 3 nitrogen and oxygen atoms in total. The van der Waals surface area contributed by atoms with Crippen molar-refractivity contribution in [3.8, 4) is 6.07 Å². The Kier molecular flexibility index (Phi) is 6.48. The molecule has 16 heavy (non-hydrogen) atoms. The number of allylic oxidation sites excluding steroid dienone is 1. The number of hydrogen-bond acceptors (Lipinski definition) is 3. The van der Waals surface area contributed by atoms with Gasteiger partial charge in [-0.1, -0.05) is 25.8 Å². The first kappa shape index (κ1) is 14.7. The average molecular weight is 223 g/mol. The quantitative estimate of drug-likeness (QED) is 0.394. The van der Waals surface area contributed by atoms with Gasteiger partial charge < -0.3 is 4.74 Å². The zero-order valence-corrected chi connectivity index (χ0v) is 10.7. The largest absolute Gasteiger partial charge is 0.465 e. The van der Waals surface area contributed by atoms with Gasteiger partial charge in [-0.25, -0.2) is 4.79 Å². The van der Waals surface area contributed by atoms with Gasteiger partial charge in [0.05, 0.1) is 12.7 Å². The van der Waals surface area contributed by atoms with Crippen molar-refractivity contribution in [3.63, 3.8) is 0 Å². The lowest BCUT2D eigenvalue weighted by Gasteiger charge is -2.20. The first-order valence-electron chi connectivity index (χ1n) is 5.78. The molecule has 3 heteroatoms. The van der Waals surface area contributed by atoms with E-state index in [9.17, 15) is 4.79 Å². The maximum absolute atomic E-state index is 11.7. The molecule has 0 saturated carbocycles. The summed E-state index contributed by atoms with van der Waals surface area (Å²) in [5.74, 6) is -0.456. The van der Waals surface area contributed by atoms with Gasteiger partial charge in [0.1, 0.15) is 0 Å². The standard InChI is InChI=1S/C13H21NO2/c1-5-7-8-9-11(3)13(4,10-14)12(15)16-6-2/h9H,5-8H2,1-4H3/b11-9-/t13-/m1/s1. The van der Waals surface area contributed by atoms with Crippen molar-refractivity contribution < 1.29 is 9.53 Å². The molecule has 0 N–H and O–H groups in total. The number of unbranched alkanes of at least 4 members (excludes halogenated alkanes) is 2. The molecule has 0 fully saturated rings. The molecule has 0 radical (unpaired) electrons. The zero-order chi connectivity index (χ0) is 12.6. The van der Waals surface area contributed by atoms with Gasteiger partial charge in [-0.05, 0) is 32.8 Å². The third-order valence-electron chi connectivity index (χ3n) is 2.70. The van der Waals surface area contributed by atoms with Gasteiger partial charge >= 0.3 is 5.97 Å². The number of ether oxygens (including phenoxy) is 1. The molecule has 90 valence electrons. The number of nitrogens with zero attached hydrogens (tertiary/aromatic N) is 1. The summed E-state index contributed by atoms with van der Waals surface area (Å²) < 4.78 is 4.92. The minimum absolute atomic E-state index is 0.304. The second kappa shape index (κ2) is 7.05. The smallest absolute Gasteiger partial charge is 0.330 e. The molecule has 0 bridgehead atoms. The predicted molar refractivity (Wildman–Crippen MR) is 63.6 cm³/mol. The van der Waals surface area contributed by atoms with Crippen LogP contribution in [0.15, 0.2) is 11.6 Å². The van der Waals surface area contributed by atoms with Gasteiger partial charge in [-0.15, -0.1) is 0 Å². The summed E-state index contributed by atoms with van der Waals surface area (Å²) in [4.78, 5) is 11.7. The molecule has 0 unspecified atom stereocenters. The van der Waals surface area contributed by atoms with Crippen LogP contribution in [0.5, 0.6) is 0 Å². The van der Waals surface area contributed by atoms with Crippen LogP contribution in [-0.2, 0) is 9.53 Å². The number of rotatable bonds is 6. The molecule has 0 aromatic heterocycles. The predicted octanol–water partition coefficient (Wildman–Crippen LogP) is 3.22. The summed E-state index contributed by atoms with van der Waals surface area (Å²) in [5, 5.41) is 9.12. The third kappa shape index (κ3) is 3.69. The molecule has 0 aromatic carbocycles. The summed E-state index contributed by atoms with van der Waals surface area (Å²) in [5.41, 5.74) is -0.356. The van der Waals surface area contributed by atoms with E-state index in [0.717, 1.165) is 24.8 Å². The molecule has 0 aliphatic heterocycles. The minimum Gasteiger partial charge on any atom is -0.465 e. The van der Waals surface area contributed by atoms with Crippen molar-refractivity contribution in [2.24, 2.45) is 5.41 Å². The topological polar surface area (TPSA) is 50.1 Å². The Bertz CT molecular complexity index is 302. The lowest BCUT2D eigenvalue weighted by Crippen LogP contribution is -2.29. The Labute approximate surface area is 98.1 Å². The van der Waals surface area contributed by atoms with E-state index in [2.05, 4.69) is 6.92 Å². The second-order valence-electron chi connectivity index (χ2n) is 3.99. The first-order chi connectivity index (χ1) is 7.52. The molecular weight excluding hydrogens is 202 g/mol. The molecular formula is C13H21NO2. The van der Waals surface area contributed by atoms with E-state index in [0.29, 0.717) is 6.61 Å². The van der Waals surface area contributed by atoms with E-state index in [1.54, 1.807) is 13.8 Å². The number of esters is 1. The minimum atomic E-state index is -1.14. The van der Waals surface area contributed by atoms with Crippen LogP contribution in [0.2, 0.25) is 0 Å². The number of carbonyl (C=O) groups excluding carboxylic acids is 1. The Morgan fingerprint density at radius 2 is 2.12 bits per heavy atom. The second-order valence-corrected chi connectivity index (χ2v) is 3.99. The van der Waals surface area contributed by atoms with Crippen LogP contribution >= 0.6 is 0 Å². The zero-order valence-electron chi connectivity index (χ0n) is 10.7. The fourth-order valence-electron chi connectivity index (χ4n) is 1.30. The number of nitriles is 1. The summed E-state index contributed by atoms with van der Waals surface area (Å²) in [7, 11) is 0. The molecule has 0 heterocycles. The summed E-state index contributed by atoms with van der Waals surface area (Å²) >= 11 is 0. The van der Waals surface area contributed by atoms with Crippen molar-refractivity contribution in [1.82, 2.24) is 0 Å². The fraction of sp³-hybridized carbons (Fsp3) is 0.692. The Morgan fingerprint density at radius 1 is 1.50 bits per heavy atom. The number of carbonyl (C=O) groups is 1. The monoisotopic (exact) mass is 223 g/mol. The number of hydrogen-bond donors (Lipinski definition) is 0. The van der Waals surface area contributed by atoms with Gasteiger partial charge in [0.2, 0.25) is 0 Å². The molecule has 0 aliphatic carbocycles. The summed E-state index contributed by atoms with van der Waals surface area (Å²) in [6.07, 6.45) is 5.04. The summed E-state index contributed by atoms with van der Waals surface area (Å²) in [6, 6.07) is 2.05. The maximum atomic E-state index is 11.7. The van der Waals surface area contributed by atoms with Crippen molar-refractivity contribution in [2.75, 3.05) is 6.61 Å². The highest BCUT2D eigenvalue weighted by Gasteiger charge is 2.36. The molecule has 0 rings (SSSR count). The van der Waals surface area contributed by atoms with Crippen LogP contribution in [0.4, 0.5) is 0 Å². The van der Waals surface area contributed by atoms with E-state index in [4.69, 9.17) is 10.00 Å². The molecule has 1 atom stereocenters. The van der Waals surface area contributed by atoms with E-state index in [-0.39, 0.29) is 0 Å².